The predicted octanol–water partition coefficient (Wildman–Crippen LogP) is 3.11. The van der Waals surface area contributed by atoms with Gasteiger partial charge in [-0.15, -0.1) is 0 Å². The fourth-order valence-corrected chi connectivity index (χ4v) is 2.75. The van der Waals surface area contributed by atoms with Crippen LogP contribution in [0.1, 0.15) is 30.9 Å². The summed E-state index contributed by atoms with van der Waals surface area (Å²) < 4.78 is 10.7. The highest BCUT2D eigenvalue weighted by Gasteiger charge is 2.36. The van der Waals surface area contributed by atoms with Gasteiger partial charge in [-0.3, -0.25) is 0 Å². The summed E-state index contributed by atoms with van der Waals surface area (Å²) >= 11 is 0. The maximum atomic E-state index is 6.55. The van der Waals surface area contributed by atoms with Crippen LogP contribution in [0.2, 0.25) is 0 Å². The highest BCUT2D eigenvalue weighted by molar-refractivity contribution is 5.42. The minimum absolute atomic E-state index is 0.0879. The van der Waals surface area contributed by atoms with Crippen molar-refractivity contribution in [2.45, 2.75) is 25.4 Å². The summed E-state index contributed by atoms with van der Waals surface area (Å²) in [5, 5.41) is 0. The molecular formula is C19H26N2O2. The molecular weight excluding hydrogens is 288 g/mol. The number of benzene rings is 2. The summed E-state index contributed by atoms with van der Waals surface area (Å²) in [5.74, 6) is 1.49. The predicted molar refractivity (Wildman–Crippen MR) is 93.8 cm³/mol. The average molecular weight is 314 g/mol. The lowest BCUT2D eigenvalue weighted by atomic mass is 9.76. The van der Waals surface area contributed by atoms with Crippen LogP contribution in [0.25, 0.3) is 0 Å². The quantitative estimate of drug-likeness (QED) is 0.804. The molecule has 0 radical (unpaired) electrons. The Morgan fingerprint density at radius 2 is 1.26 bits per heavy atom. The van der Waals surface area contributed by atoms with E-state index in [0.717, 1.165) is 22.6 Å². The Labute approximate surface area is 138 Å². The maximum absolute atomic E-state index is 6.55. The molecule has 0 aliphatic heterocycles. The number of nitrogens with two attached hydrogens (primary N) is 2. The Bertz CT molecular complexity index is 606. The lowest BCUT2D eigenvalue weighted by Crippen LogP contribution is -2.58. The molecule has 2 aromatic carbocycles. The van der Waals surface area contributed by atoms with E-state index >= 15 is 0 Å². The van der Waals surface area contributed by atoms with Crippen molar-refractivity contribution in [3.8, 4) is 11.5 Å². The van der Waals surface area contributed by atoms with Gasteiger partial charge in [-0.1, -0.05) is 38.1 Å². The minimum Gasteiger partial charge on any atom is -0.497 e. The van der Waals surface area contributed by atoms with E-state index in [4.69, 9.17) is 20.9 Å². The Morgan fingerprint density at radius 1 is 0.826 bits per heavy atom. The van der Waals surface area contributed by atoms with Crippen molar-refractivity contribution in [2.24, 2.45) is 17.4 Å². The van der Waals surface area contributed by atoms with Gasteiger partial charge in [0.25, 0.3) is 0 Å². The van der Waals surface area contributed by atoms with Gasteiger partial charge in [0, 0.05) is 5.92 Å². The van der Waals surface area contributed by atoms with Gasteiger partial charge >= 0.3 is 0 Å². The first kappa shape index (κ1) is 17.3. The zero-order valence-electron chi connectivity index (χ0n) is 14.2. The summed E-state index contributed by atoms with van der Waals surface area (Å²) in [6, 6.07) is 15.8. The van der Waals surface area contributed by atoms with Gasteiger partial charge in [-0.25, -0.2) is 0 Å². The molecule has 0 saturated carbocycles. The van der Waals surface area contributed by atoms with Crippen molar-refractivity contribution in [1.82, 2.24) is 0 Å². The number of hydrogen-bond donors (Lipinski definition) is 2. The number of rotatable bonds is 6. The Kier molecular flexibility index (Phi) is 5.29. The van der Waals surface area contributed by atoms with E-state index in [1.54, 1.807) is 14.2 Å². The summed E-state index contributed by atoms with van der Waals surface area (Å²) in [5.41, 5.74) is 14.2. The van der Waals surface area contributed by atoms with Crippen LogP contribution >= 0.6 is 0 Å². The molecule has 23 heavy (non-hydrogen) atoms. The maximum Gasteiger partial charge on any atom is 0.119 e. The highest BCUT2D eigenvalue weighted by atomic mass is 16.5. The first-order valence-electron chi connectivity index (χ1n) is 7.75. The molecule has 0 saturated heterocycles. The molecule has 0 unspecified atom stereocenters. The van der Waals surface area contributed by atoms with Crippen LogP contribution in [0, 0.1) is 5.92 Å². The Balaban J connectivity index is 2.59. The molecule has 0 bridgehead atoms. The molecule has 2 rings (SSSR count). The van der Waals surface area contributed by atoms with E-state index in [9.17, 15) is 0 Å². The van der Waals surface area contributed by atoms with Crippen LogP contribution in [0.4, 0.5) is 0 Å². The second-order valence-electron chi connectivity index (χ2n) is 6.14. The van der Waals surface area contributed by atoms with Crippen molar-refractivity contribution < 1.29 is 9.47 Å². The van der Waals surface area contributed by atoms with Gasteiger partial charge in [0.05, 0.1) is 19.9 Å². The molecule has 0 aliphatic rings. The third kappa shape index (κ3) is 3.66. The first-order chi connectivity index (χ1) is 10.9. The molecule has 4 N–H and O–H groups in total. The molecule has 4 nitrogen and oxygen atoms in total. The van der Waals surface area contributed by atoms with E-state index in [1.807, 2.05) is 62.4 Å². The van der Waals surface area contributed by atoms with Crippen molar-refractivity contribution >= 4 is 0 Å². The van der Waals surface area contributed by atoms with Crippen LogP contribution in [-0.4, -0.2) is 19.9 Å². The average Bonchev–Trinajstić information content (AvgIpc) is 2.55. The van der Waals surface area contributed by atoms with Crippen molar-refractivity contribution in [3.05, 3.63) is 59.7 Å². The monoisotopic (exact) mass is 314 g/mol. The van der Waals surface area contributed by atoms with Crippen molar-refractivity contribution in [1.29, 1.82) is 0 Å². The van der Waals surface area contributed by atoms with Gasteiger partial charge < -0.3 is 20.9 Å². The third-order valence-electron chi connectivity index (χ3n) is 4.35. The normalized spacial score (nSPS) is 11.8. The standard InChI is InChI=1S/C19H26N2O2/c1-13(2)19(20,21)18(14-7-5-9-16(11-14)22-3)15-8-6-10-17(12-15)23-4/h5-13,18H,20-21H2,1-4H3. The molecule has 0 fully saturated rings. The molecule has 0 aliphatic carbocycles. The SMILES string of the molecule is COc1cccc(C(c2cccc(OC)c2)C(N)(N)C(C)C)c1. The van der Waals surface area contributed by atoms with E-state index in [2.05, 4.69) is 0 Å². The highest BCUT2D eigenvalue weighted by Crippen LogP contribution is 2.37. The lowest BCUT2D eigenvalue weighted by molar-refractivity contribution is 0.284. The fourth-order valence-electron chi connectivity index (χ4n) is 2.75. The Hall–Kier alpha value is -2.04. The van der Waals surface area contributed by atoms with Gasteiger partial charge in [0.15, 0.2) is 0 Å². The molecule has 0 heterocycles. The number of hydrogen-bond acceptors (Lipinski definition) is 4. The zero-order chi connectivity index (χ0) is 17.0. The molecule has 0 spiro atoms. The van der Waals surface area contributed by atoms with Crippen LogP contribution in [0.5, 0.6) is 11.5 Å². The van der Waals surface area contributed by atoms with Crippen LogP contribution in [-0.2, 0) is 0 Å². The summed E-state index contributed by atoms with van der Waals surface area (Å²) in [4.78, 5) is 0. The minimum atomic E-state index is -0.904. The molecule has 0 aromatic heterocycles. The summed E-state index contributed by atoms with van der Waals surface area (Å²) in [6.07, 6.45) is 0. The Morgan fingerprint density at radius 3 is 1.61 bits per heavy atom. The first-order valence-corrected chi connectivity index (χ1v) is 7.75. The topological polar surface area (TPSA) is 70.5 Å². The largest absolute Gasteiger partial charge is 0.497 e. The van der Waals surface area contributed by atoms with Crippen LogP contribution in [0.15, 0.2) is 48.5 Å². The summed E-state index contributed by atoms with van der Waals surface area (Å²) in [6.45, 7) is 4.07. The van der Waals surface area contributed by atoms with Crippen molar-refractivity contribution in [3.63, 3.8) is 0 Å². The van der Waals surface area contributed by atoms with E-state index in [-0.39, 0.29) is 11.8 Å². The van der Waals surface area contributed by atoms with E-state index in [0.29, 0.717) is 0 Å². The van der Waals surface area contributed by atoms with Gasteiger partial charge in [0.2, 0.25) is 0 Å². The molecule has 0 atom stereocenters. The second kappa shape index (κ2) is 7.02. The molecule has 0 amide bonds. The molecule has 2 aromatic rings. The van der Waals surface area contributed by atoms with Crippen molar-refractivity contribution in [2.75, 3.05) is 14.2 Å². The smallest absolute Gasteiger partial charge is 0.119 e. The van der Waals surface area contributed by atoms with Gasteiger partial charge in [-0.05, 0) is 41.3 Å². The second-order valence-corrected chi connectivity index (χ2v) is 6.14. The van der Waals surface area contributed by atoms with E-state index in [1.165, 1.54) is 0 Å². The number of ether oxygens (including phenoxy) is 2. The van der Waals surface area contributed by atoms with Gasteiger partial charge in [-0.2, -0.15) is 0 Å². The molecule has 4 heteroatoms. The lowest BCUT2D eigenvalue weighted by Gasteiger charge is -2.38. The molecule has 124 valence electrons. The van der Waals surface area contributed by atoms with E-state index < -0.39 is 5.66 Å². The zero-order valence-corrected chi connectivity index (χ0v) is 14.2. The summed E-state index contributed by atoms with van der Waals surface area (Å²) in [7, 11) is 3.31. The van der Waals surface area contributed by atoms with Gasteiger partial charge in [0.1, 0.15) is 11.5 Å². The van der Waals surface area contributed by atoms with Crippen LogP contribution in [0.3, 0.4) is 0 Å². The number of methoxy groups -OCH3 is 2. The fraction of sp³-hybridized carbons (Fsp3) is 0.368. The van der Waals surface area contributed by atoms with Crippen LogP contribution < -0.4 is 20.9 Å². The third-order valence-corrected chi connectivity index (χ3v) is 4.35.